The summed E-state index contributed by atoms with van der Waals surface area (Å²) in [7, 11) is 1.42. The van der Waals surface area contributed by atoms with Gasteiger partial charge in [0.1, 0.15) is 0 Å². The highest BCUT2D eigenvalue weighted by Gasteiger charge is 2.35. The normalized spacial score (nSPS) is 16.4. The lowest BCUT2D eigenvalue weighted by atomic mass is 10.1. The van der Waals surface area contributed by atoms with Gasteiger partial charge in [0, 0.05) is 30.8 Å². The second-order valence-electron chi connectivity index (χ2n) is 7.63. The Labute approximate surface area is 178 Å². The topological polar surface area (TPSA) is 82.4 Å². The van der Waals surface area contributed by atoms with E-state index in [0.29, 0.717) is 49.1 Å². The summed E-state index contributed by atoms with van der Waals surface area (Å²) in [4.78, 5) is 23.9. The van der Waals surface area contributed by atoms with Crippen molar-refractivity contribution in [3.8, 4) is 23.0 Å². The van der Waals surface area contributed by atoms with Gasteiger partial charge in [-0.3, -0.25) is 4.79 Å². The van der Waals surface area contributed by atoms with Gasteiger partial charge in [-0.05, 0) is 37.1 Å². The molecule has 2 aromatic heterocycles. The first kappa shape index (κ1) is 19.6. The van der Waals surface area contributed by atoms with E-state index in [1.165, 1.54) is 13.2 Å². The van der Waals surface area contributed by atoms with Crippen LogP contribution in [0, 0.1) is 5.82 Å². The summed E-state index contributed by atoms with van der Waals surface area (Å²) in [5.41, 5.74) is 2.60. The molecular formula is C22H22FN5O3. The van der Waals surface area contributed by atoms with Crippen LogP contribution >= 0.6 is 0 Å². The smallest absolute Gasteiger partial charge is 0.257 e. The molecule has 1 aliphatic carbocycles. The quantitative estimate of drug-likeness (QED) is 0.628. The van der Waals surface area contributed by atoms with Crippen molar-refractivity contribution in [2.45, 2.75) is 18.8 Å². The summed E-state index contributed by atoms with van der Waals surface area (Å²) in [5, 5.41) is 4.46. The number of aromatic nitrogens is 4. The molecule has 0 spiro atoms. The molecule has 3 aromatic rings. The van der Waals surface area contributed by atoms with E-state index >= 15 is 0 Å². The number of benzene rings is 1. The zero-order valence-electron chi connectivity index (χ0n) is 17.1. The molecule has 9 heteroatoms. The molecule has 1 aliphatic heterocycles. The number of halogens is 1. The number of morpholine rings is 1. The molecule has 8 nitrogen and oxygen atoms in total. The summed E-state index contributed by atoms with van der Waals surface area (Å²) in [6.07, 6.45) is 5.22. The summed E-state index contributed by atoms with van der Waals surface area (Å²) >= 11 is 0. The van der Waals surface area contributed by atoms with E-state index < -0.39 is 5.82 Å². The number of hydrogen-bond acceptors (Lipinski definition) is 6. The number of carbonyl (C=O) groups is 1. The van der Waals surface area contributed by atoms with E-state index in [2.05, 4.69) is 15.1 Å². The average molecular weight is 423 g/mol. The summed E-state index contributed by atoms with van der Waals surface area (Å²) < 4.78 is 26.2. The van der Waals surface area contributed by atoms with Crippen LogP contribution in [0.4, 0.5) is 4.39 Å². The number of ether oxygens (including phenoxy) is 2. The molecule has 0 bridgehead atoms. The van der Waals surface area contributed by atoms with Crippen molar-refractivity contribution < 1.29 is 18.7 Å². The van der Waals surface area contributed by atoms with Crippen LogP contribution in [0.25, 0.3) is 17.2 Å². The Morgan fingerprint density at radius 1 is 1.23 bits per heavy atom. The maximum Gasteiger partial charge on any atom is 0.257 e. The highest BCUT2D eigenvalue weighted by molar-refractivity contribution is 5.95. The highest BCUT2D eigenvalue weighted by Crippen LogP contribution is 2.42. The predicted molar refractivity (Wildman–Crippen MR) is 110 cm³/mol. The summed E-state index contributed by atoms with van der Waals surface area (Å²) in [6, 6.07) is 6.40. The zero-order valence-corrected chi connectivity index (χ0v) is 17.1. The van der Waals surface area contributed by atoms with Gasteiger partial charge >= 0.3 is 0 Å². The molecule has 1 saturated heterocycles. The van der Waals surface area contributed by atoms with Gasteiger partial charge in [-0.1, -0.05) is 0 Å². The molecule has 2 fully saturated rings. The average Bonchev–Trinajstić information content (AvgIpc) is 3.56. The SMILES string of the molecule is COc1ccc(-c2ccnc(-n3ncc(C(=O)N4CCOCC4)c3C3CC3)n2)cc1F. The number of amides is 1. The molecule has 31 heavy (non-hydrogen) atoms. The first-order chi connectivity index (χ1) is 15.2. The largest absolute Gasteiger partial charge is 0.494 e. The molecule has 3 heterocycles. The van der Waals surface area contributed by atoms with Gasteiger partial charge in [-0.2, -0.15) is 5.10 Å². The molecular weight excluding hydrogens is 401 g/mol. The van der Waals surface area contributed by atoms with Crippen molar-refractivity contribution in [3.05, 3.63) is 53.7 Å². The van der Waals surface area contributed by atoms with Gasteiger partial charge in [0.25, 0.3) is 11.9 Å². The van der Waals surface area contributed by atoms with Crippen LogP contribution in [0.5, 0.6) is 5.75 Å². The van der Waals surface area contributed by atoms with Crippen LogP contribution in [0.3, 0.4) is 0 Å². The van der Waals surface area contributed by atoms with Crippen molar-refractivity contribution in [1.82, 2.24) is 24.6 Å². The van der Waals surface area contributed by atoms with Crippen LogP contribution in [-0.2, 0) is 4.74 Å². The third-order valence-electron chi connectivity index (χ3n) is 5.58. The van der Waals surface area contributed by atoms with Crippen molar-refractivity contribution in [3.63, 3.8) is 0 Å². The number of carbonyl (C=O) groups excluding carboxylic acids is 1. The third-order valence-corrected chi connectivity index (χ3v) is 5.58. The Morgan fingerprint density at radius 2 is 2.03 bits per heavy atom. The Bertz CT molecular complexity index is 1120. The van der Waals surface area contributed by atoms with E-state index in [1.807, 2.05) is 0 Å². The fraction of sp³-hybridized carbons (Fsp3) is 0.364. The molecule has 0 atom stereocenters. The standard InChI is InChI=1S/C22H22FN5O3/c1-30-19-5-4-15(12-17(19)23)18-6-7-24-22(26-18)28-20(14-2-3-14)16(13-25-28)21(29)27-8-10-31-11-9-27/h4-7,12-14H,2-3,8-11H2,1H3. The number of nitrogens with zero attached hydrogens (tertiary/aromatic N) is 5. The van der Waals surface area contributed by atoms with Crippen LogP contribution in [0.2, 0.25) is 0 Å². The van der Waals surface area contributed by atoms with Crippen LogP contribution in [0.15, 0.2) is 36.7 Å². The van der Waals surface area contributed by atoms with Crippen molar-refractivity contribution >= 4 is 5.91 Å². The maximum atomic E-state index is 14.2. The predicted octanol–water partition coefficient (Wildman–Crippen LogP) is 2.83. The summed E-state index contributed by atoms with van der Waals surface area (Å²) in [6.45, 7) is 2.23. The number of hydrogen-bond donors (Lipinski definition) is 0. The van der Waals surface area contributed by atoms with E-state index in [4.69, 9.17) is 9.47 Å². The summed E-state index contributed by atoms with van der Waals surface area (Å²) in [5.74, 6) is 0.290. The van der Waals surface area contributed by atoms with Crippen molar-refractivity contribution in [1.29, 1.82) is 0 Å². The second-order valence-corrected chi connectivity index (χ2v) is 7.63. The van der Waals surface area contributed by atoms with Gasteiger partial charge < -0.3 is 14.4 Å². The second kappa shape index (κ2) is 8.07. The Hall–Kier alpha value is -3.33. The van der Waals surface area contributed by atoms with Gasteiger partial charge in [-0.25, -0.2) is 19.0 Å². The van der Waals surface area contributed by atoms with Gasteiger partial charge in [0.15, 0.2) is 11.6 Å². The lowest BCUT2D eigenvalue weighted by Crippen LogP contribution is -2.40. The minimum Gasteiger partial charge on any atom is -0.494 e. The van der Waals surface area contributed by atoms with E-state index in [-0.39, 0.29) is 17.6 Å². The minimum absolute atomic E-state index is 0.0372. The molecule has 1 aromatic carbocycles. The molecule has 1 saturated carbocycles. The fourth-order valence-corrected chi connectivity index (χ4v) is 3.81. The molecule has 0 radical (unpaired) electrons. The van der Waals surface area contributed by atoms with Crippen molar-refractivity contribution in [2.24, 2.45) is 0 Å². The van der Waals surface area contributed by atoms with Crippen LogP contribution < -0.4 is 4.74 Å². The van der Waals surface area contributed by atoms with Gasteiger partial charge in [0.05, 0.1) is 43.5 Å². The molecule has 1 amide bonds. The monoisotopic (exact) mass is 423 g/mol. The highest BCUT2D eigenvalue weighted by atomic mass is 19.1. The van der Waals surface area contributed by atoms with E-state index in [1.54, 1.807) is 40.2 Å². The molecule has 160 valence electrons. The molecule has 5 rings (SSSR count). The number of methoxy groups -OCH3 is 1. The maximum absolute atomic E-state index is 14.2. The minimum atomic E-state index is -0.462. The van der Waals surface area contributed by atoms with Crippen molar-refractivity contribution in [2.75, 3.05) is 33.4 Å². The zero-order chi connectivity index (χ0) is 21.4. The van der Waals surface area contributed by atoms with Crippen LogP contribution in [0.1, 0.15) is 34.8 Å². The Kier molecular flexibility index (Phi) is 5.11. The van der Waals surface area contributed by atoms with Crippen LogP contribution in [-0.4, -0.2) is 64.0 Å². The van der Waals surface area contributed by atoms with E-state index in [0.717, 1.165) is 18.5 Å². The van der Waals surface area contributed by atoms with E-state index in [9.17, 15) is 9.18 Å². The molecule has 2 aliphatic rings. The first-order valence-electron chi connectivity index (χ1n) is 10.3. The first-order valence-corrected chi connectivity index (χ1v) is 10.3. The van der Waals surface area contributed by atoms with Gasteiger partial charge in [0.2, 0.25) is 0 Å². The Morgan fingerprint density at radius 3 is 2.74 bits per heavy atom. The third kappa shape index (κ3) is 3.76. The Balaban J connectivity index is 1.51. The fourth-order valence-electron chi connectivity index (χ4n) is 3.81. The number of rotatable bonds is 5. The lowest BCUT2D eigenvalue weighted by Gasteiger charge is -2.26. The van der Waals surface area contributed by atoms with Gasteiger partial charge in [-0.15, -0.1) is 0 Å². The lowest BCUT2D eigenvalue weighted by molar-refractivity contribution is 0.0302. The molecule has 0 unspecified atom stereocenters. The molecule has 0 N–H and O–H groups in total.